The molecule has 0 aliphatic carbocycles. The van der Waals surface area contributed by atoms with Gasteiger partial charge in [-0.15, -0.1) is 0 Å². The summed E-state index contributed by atoms with van der Waals surface area (Å²) in [5, 5.41) is 0. The van der Waals surface area contributed by atoms with Crippen molar-refractivity contribution in [1.82, 2.24) is 0 Å². The van der Waals surface area contributed by atoms with E-state index in [1.807, 2.05) is 0 Å². The van der Waals surface area contributed by atoms with Crippen LogP contribution in [0.4, 0.5) is 0 Å². The van der Waals surface area contributed by atoms with Gasteiger partial charge in [-0.3, -0.25) is 0 Å². The summed E-state index contributed by atoms with van der Waals surface area (Å²) in [6, 6.07) is 8.31. The van der Waals surface area contributed by atoms with Crippen LogP contribution in [0.25, 0.3) is 0 Å². The van der Waals surface area contributed by atoms with Crippen molar-refractivity contribution >= 4 is 25.9 Å². The molecule has 0 atom stereocenters. The Bertz CT molecular complexity index is 181. The SMILES string of the molecule is NCc1ccc([TeH])cc1. The molecule has 0 amide bonds. The van der Waals surface area contributed by atoms with E-state index in [-0.39, 0.29) is 0 Å². The van der Waals surface area contributed by atoms with E-state index in [4.69, 9.17) is 5.73 Å². The van der Waals surface area contributed by atoms with Crippen LogP contribution >= 0.6 is 0 Å². The van der Waals surface area contributed by atoms with Crippen LogP contribution in [-0.4, -0.2) is 22.3 Å². The molecule has 2 heteroatoms. The molecule has 48 valence electrons. The van der Waals surface area contributed by atoms with Crippen LogP contribution in [0, 0.1) is 0 Å². The second kappa shape index (κ2) is 3.22. The van der Waals surface area contributed by atoms with E-state index >= 15 is 0 Å². The second-order valence-electron chi connectivity index (χ2n) is 1.87. The van der Waals surface area contributed by atoms with Crippen LogP contribution in [0.15, 0.2) is 24.3 Å². The van der Waals surface area contributed by atoms with Crippen LogP contribution in [0.3, 0.4) is 0 Å². The van der Waals surface area contributed by atoms with Crippen molar-refractivity contribution in [3.8, 4) is 0 Å². The first-order chi connectivity index (χ1) is 4.33. The summed E-state index contributed by atoms with van der Waals surface area (Å²) in [7, 11) is 0. The van der Waals surface area contributed by atoms with Gasteiger partial charge in [0.2, 0.25) is 0 Å². The third-order valence-electron chi connectivity index (χ3n) is 1.17. The maximum atomic E-state index is 5.40. The van der Waals surface area contributed by atoms with Crippen molar-refractivity contribution in [2.45, 2.75) is 6.54 Å². The van der Waals surface area contributed by atoms with Gasteiger partial charge in [0, 0.05) is 0 Å². The van der Waals surface area contributed by atoms with Gasteiger partial charge >= 0.3 is 68.0 Å². The van der Waals surface area contributed by atoms with E-state index in [0.717, 1.165) is 0 Å². The predicted molar refractivity (Wildman–Crippen MR) is 41.1 cm³/mol. The second-order valence-corrected chi connectivity index (χ2v) is 3.34. The minimum atomic E-state index is 0.645. The molecule has 0 heterocycles. The van der Waals surface area contributed by atoms with Crippen LogP contribution in [0.2, 0.25) is 0 Å². The maximum absolute atomic E-state index is 5.40. The van der Waals surface area contributed by atoms with E-state index in [9.17, 15) is 0 Å². The van der Waals surface area contributed by atoms with Gasteiger partial charge in [0.15, 0.2) is 0 Å². The zero-order valence-electron chi connectivity index (χ0n) is 5.04. The Kier molecular flexibility index (Phi) is 2.53. The Morgan fingerprint density at radius 1 is 1.22 bits per heavy atom. The molecule has 0 bridgehead atoms. The molecule has 1 rings (SSSR count). The Balaban J connectivity index is 2.88. The molecule has 0 spiro atoms. The van der Waals surface area contributed by atoms with E-state index in [2.05, 4.69) is 24.3 Å². The monoisotopic (exact) mass is 237 g/mol. The van der Waals surface area contributed by atoms with Crippen molar-refractivity contribution in [2.75, 3.05) is 0 Å². The molecule has 1 aromatic carbocycles. The molecule has 0 aliphatic heterocycles. The van der Waals surface area contributed by atoms with E-state index in [1.165, 1.54) is 9.17 Å². The molecule has 9 heavy (non-hydrogen) atoms. The third-order valence-corrected chi connectivity index (χ3v) is 2.02. The van der Waals surface area contributed by atoms with Gasteiger partial charge in [0.1, 0.15) is 0 Å². The van der Waals surface area contributed by atoms with Crippen molar-refractivity contribution in [1.29, 1.82) is 0 Å². The van der Waals surface area contributed by atoms with Crippen LogP contribution in [-0.2, 0) is 6.54 Å². The van der Waals surface area contributed by atoms with E-state index < -0.39 is 0 Å². The van der Waals surface area contributed by atoms with Crippen molar-refractivity contribution in [3.63, 3.8) is 0 Å². The molecule has 1 aromatic rings. The zero-order chi connectivity index (χ0) is 6.69. The minimum absolute atomic E-state index is 0.645. The van der Waals surface area contributed by atoms with Crippen LogP contribution < -0.4 is 9.35 Å². The molecule has 0 aromatic heterocycles. The Morgan fingerprint density at radius 2 is 1.78 bits per heavy atom. The number of rotatable bonds is 1. The summed E-state index contributed by atoms with van der Waals surface area (Å²) in [5.41, 5.74) is 6.61. The van der Waals surface area contributed by atoms with E-state index in [1.54, 1.807) is 22.3 Å². The Morgan fingerprint density at radius 3 is 2.22 bits per heavy atom. The fourth-order valence-electron chi connectivity index (χ4n) is 0.632. The molecule has 0 aliphatic rings. The van der Waals surface area contributed by atoms with Gasteiger partial charge < -0.3 is 0 Å². The van der Waals surface area contributed by atoms with Gasteiger partial charge in [-0.2, -0.15) is 0 Å². The van der Waals surface area contributed by atoms with Crippen molar-refractivity contribution < 1.29 is 0 Å². The number of nitrogens with two attached hydrogens (primary N) is 1. The Hall–Kier alpha value is -0.0304. The van der Waals surface area contributed by atoms with Crippen molar-refractivity contribution in [2.24, 2.45) is 5.73 Å². The molecule has 0 fully saturated rings. The molecular formula is C7H9NTe. The van der Waals surface area contributed by atoms with Gasteiger partial charge in [0.25, 0.3) is 0 Å². The molecule has 0 unspecified atom stereocenters. The van der Waals surface area contributed by atoms with Crippen LogP contribution in [0.5, 0.6) is 0 Å². The fourth-order valence-corrected chi connectivity index (χ4v) is 1.06. The predicted octanol–water partition coefficient (Wildman–Crippen LogP) is -0.329. The average Bonchev–Trinajstić information content (AvgIpc) is 1.90. The molecular weight excluding hydrogens is 226 g/mol. The number of hydrogen-bond donors (Lipinski definition) is 1. The molecule has 0 saturated carbocycles. The first-order valence-electron chi connectivity index (χ1n) is 2.81. The van der Waals surface area contributed by atoms with Gasteiger partial charge in [0.05, 0.1) is 0 Å². The molecule has 0 saturated heterocycles. The Labute approximate surface area is 68.2 Å². The first kappa shape index (κ1) is 7.08. The average molecular weight is 235 g/mol. The molecule has 2 N–H and O–H groups in total. The summed E-state index contributed by atoms with van der Waals surface area (Å²) in [6.07, 6.45) is 0. The quantitative estimate of drug-likeness (QED) is 0.662. The normalized spacial score (nSPS) is 9.56. The van der Waals surface area contributed by atoms with Gasteiger partial charge in [-0.1, -0.05) is 0 Å². The van der Waals surface area contributed by atoms with E-state index in [0.29, 0.717) is 6.54 Å². The standard InChI is InChI=1S/C7H9NTe/c8-5-6-1-3-7(9)4-2-6/h1-4,9H,5,8H2. The summed E-state index contributed by atoms with van der Waals surface area (Å²) in [5.74, 6) is 0. The van der Waals surface area contributed by atoms with Gasteiger partial charge in [-0.25, -0.2) is 0 Å². The number of benzene rings is 1. The summed E-state index contributed by atoms with van der Waals surface area (Å²) >= 11 is 1.73. The first-order valence-corrected chi connectivity index (χ1v) is 4.08. The summed E-state index contributed by atoms with van der Waals surface area (Å²) in [4.78, 5) is 0. The topological polar surface area (TPSA) is 26.0 Å². The van der Waals surface area contributed by atoms with Gasteiger partial charge in [-0.05, 0) is 0 Å². The zero-order valence-corrected chi connectivity index (χ0v) is 7.59. The fraction of sp³-hybridized carbons (Fsp3) is 0.143. The summed E-state index contributed by atoms with van der Waals surface area (Å²) < 4.78 is 1.33. The van der Waals surface area contributed by atoms with Crippen molar-refractivity contribution in [3.05, 3.63) is 29.8 Å². The number of hydrogen-bond acceptors (Lipinski definition) is 1. The molecule has 1 nitrogen and oxygen atoms in total. The summed E-state index contributed by atoms with van der Waals surface area (Å²) in [6.45, 7) is 0.645. The molecule has 0 radical (unpaired) electrons. The van der Waals surface area contributed by atoms with Crippen LogP contribution in [0.1, 0.15) is 5.56 Å². The third kappa shape index (κ3) is 1.98.